The van der Waals surface area contributed by atoms with Crippen LogP contribution in [0, 0.1) is 5.92 Å². The molecular weight excluding hydrogens is 228 g/mol. The fourth-order valence-corrected chi connectivity index (χ4v) is 2.11. The van der Waals surface area contributed by atoms with Crippen molar-refractivity contribution in [3.63, 3.8) is 0 Å². The number of oxazole rings is 1. The zero-order chi connectivity index (χ0) is 13.3. The van der Waals surface area contributed by atoms with E-state index >= 15 is 0 Å². The van der Waals surface area contributed by atoms with Gasteiger partial charge < -0.3 is 10.2 Å². The minimum absolute atomic E-state index is 0.0331. The van der Waals surface area contributed by atoms with E-state index in [9.17, 15) is 4.79 Å². The summed E-state index contributed by atoms with van der Waals surface area (Å²) in [6.45, 7) is 6.87. The molecule has 0 spiro atoms. The maximum atomic E-state index is 11.7. The number of nitrogens with two attached hydrogens (primary N) is 1. The molecule has 0 saturated heterocycles. The lowest BCUT2D eigenvalue weighted by atomic mass is 9.97. The number of fused-ring (bicyclic) bond motifs is 1. The van der Waals surface area contributed by atoms with Crippen molar-refractivity contribution in [2.24, 2.45) is 11.7 Å². The number of benzene rings is 1. The zero-order valence-corrected chi connectivity index (χ0v) is 11.1. The molecule has 0 amide bonds. The molecule has 0 saturated carbocycles. The third kappa shape index (κ3) is 2.20. The number of nitrogens with zero attached hydrogens (tertiary/aromatic N) is 1. The van der Waals surface area contributed by atoms with Gasteiger partial charge in [-0.2, -0.15) is 0 Å². The largest absolute Gasteiger partial charge is 0.419 e. The summed E-state index contributed by atoms with van der Waals surface area (Å²) in [6.07, 6.45) is 0.905. The smallest absolute Gasteiger partial charge is 0.408 e. The van der Waals surface area contributed by atoms with E-state index in [1.807, 2.05) is 25.1 Å². The second-order valence-electron chi connectivity index (χ2n) is 5.02. The third-order valence-electron chi connectivity index (χ3n) is 3.24. The zero-order valence-electron chi connectivity index (χ0n) is 11.1. The van der Waals surface area contributed by atoms with Crippen molar-refractivity contribution in [2.75, 3.05) is 0 Å². The Labute approximate surface area is 106 Å². The van der Waals surface area contributed by atoms with E-state index in [1.54, 1.807) is 4.57 Å². The fraction of sp³-hybridized carbons (Fsp3) is 0.500. The van der Waals surface area contributed by atoms with E-state index in [4.69, 9.17) is 10.2 Å². The summed E-state index contributed by atoms with van der Waals surface area (Å²) in [5.74, 6) is 0.0639. The van der Waals surface area contributed by atoms with Crippen molar-refractivity contribution in [1.29, 1.82) is 0 Å². The van der Waals surface area contributed by atoms with Gasteiger partial charge in [0.05, 0.1) is 5.52 Å². The predicted molar refractivity (Wildman–Crippen MR) is 72.5 cm³/mol. The number of rotatable bonds is 4. The molecule has 1 heterocycles. The number of aromatic nitrogens is 1. The second-order valence-corrected chi connectivity index (χ2v) is 5.02. The van der Waals surface area contributed by atoms with Crippen LogP contribution < -0.4 is 11.5 Å². The van der Waals surface area contributed by atoms with Gasteiger partial charge in [-0.15, -0.1) is 0 Å². The summed E-state index contributed by atoms with van der Waals surface area (Å²) >= 11 is 0. The SMILES string of the molecule is CCCn1c(=O)oc2cc(C(N)C(C)C)ccc21. The third-order valence-corrected chi connectivity index (χ3v) is 3.24. The Hall–Kier alpha value is -1.55. The molecule has 0 bridgehead atoms. The first-order chi connectivity index (χ1) is 8.54. The first kappa shape index (κ1) is 12.9. The fourth-order valence-electron chi connectivity index (χ4n) is 2.11. The Morgan fingerprint density at radius 1 is 1.39 bits per heavy atom. The topological polar surface area (TPSA) is 61.2 Å². The average molecular weight is 248 g/mol. The van der Waals surface area contributed by atoms with E-state index in [0.29, 0.717) is 18.0 Å². The van der Waals surface area contributed by atoms with Gasteiger partial charge in [0.1, 0.15) is 0 Å². The van der Waals surface area contributed by atoms with Crippen LogP contribution in [0.3, 0.4) is 0 Å². The number of aryl methyl sites for hydroxylation is 1. The van der Waals surface area contributed by atoms with E-state index in [2.05, 4.69) is 13.8 Å². The lowest BCUT2D eigenvalue weighted by Gasteiger charge is -2.15. The standard InChI is InChI=1S/C14H20N2O2/c1-4-7-16-11-6-5-10(13(15)9(2)3)8-12(11)18-14(16)17/h5-6,8-9,13H,4,7,15H2,1-3H3. The Morgan fingerprint density at radius 3 is 2.72 bits per heavy atom. The van der Waals surface area contributed by atoms with Crippen LogP contribution in [-0.4, -0.2) is 4.57 Å². The highest BCUT2D eigenvalue weighted by atomic mass is 16.4. The molecule has 98 valence electrons. The summed E-state index contributed by atoms with van der Waals surface area (Å²) in [5.41, 5.74) is 8.59. The average Bonchev–Trinajstić information content (AvgIpc) is 2.64. The predicted octanol–water partition coefficient (Wildman–Crippen LogP) is 2.66. The maximum Gasteiger partial charge on any atom is 0.419 e. The lowest BCUT2D eigenvalue weighted by molar-refractivity contribution is 0.499. The van der Waals surface area contributed by atoms with Crippen molar-refractivity contribution in [1.82, 2.24) is 4.57 Å². The quantitative estimate of drug-likeness (QED) is 0.904. The molecule has 18 heavy (non-hydrogen) atoms. The van der Waals surface area contributed by atoms with Crippen molar-refractivity contribution in [3.8, 4) is 0 Å². The molecule has 1 unspecified atom stereocenters. The molecule has 2 N–H and O–H groups in total. The van der Waals surface area contributed by atoms with E-state index in [0.717, 1.165) is 17.5 Å². The van der Waals surface area contributed by atoms with Crippen LogP contribution in [-0.2, 0) is 6.54 Å². The molecule has 0 aliphatic heterocycles. The monoisotopic (exact) mass is 248 g/mol. The molecule has 4 heteroatoms. The van der Waals surface area contributed by atoms with E-state index in [-0.39, 0.29) is 11.8 Å². The minimum Gasteiger partial charge on any atom is -0.408 e. The highest BCUT2D eigenvalue weighted by Gasteiger charge is 2.14. The molecule has 1 aromatic carbocycles. The van der Waals surface area contributed by atoms with Gasteiger partial charge in [0.2, 0.25) is 0 Å². The Morgan fingerprint density at radius 2 is 2.11 bits per heavy atom. The van der Waals surface area contributed by atoms with Crippen molar-refractivity contribution in [2.45, 2.75) is 39.8 Å². The minimum atomic E-state index is -0.290. The Balaban J connectivity index is 2.51. The van der Waals surface area contributed by atoms with Crippen LogP contribution in [0.5, 0.6) is 0 Å². The van der Waals surface area contributed by atoms with Crippen LogP contribution >= 0.6 is 0 Å². The molecule has 1 atom stereocenters. The summed E-state index contributed by atoms with van der Waals surface area (Å²) in [6, 6.07) is 5.75. The van der Waals surface area contributed by atoms with Crippen molar-refractivity contribution < 1.29 is 4.42 Å². The van der Waals surface area contributed by atoms with Crippen LogP contribution in [0.1, 0.15) is 38.8 Å². The van der Waals surface area contributed by atoms with Crippen molar-refractivity contribution >= 4 is 11.1 Å². The first-order valence-electron chi connectivity index (χ1n) is 6.43. The highest BCUT2D eigenvalue weighted by Crippen LogP contribution is 2.23. The molecule has 0 aliphatic carbocycles. The van der Waals surface area contributed by atoms with Crippen LogP contribution in [0.2, 0.25) is 0 Å². The molecule has 4 nitrogen and oxygen atoms in total. The first-order valence-corrected chi connectivity index (χ1v) is 6.43. The lowest BCUT2D eigenvalue weighted by Crippen LogP contribution is -2.16. The molecule has 0 aliphatic rings. The van der Waals surface area contributed by atoms with E-state index in [1.165, 1.54) is 0 Å². The van der Waals surface area contributed by atoms with Crippen LogP contribution in [0.25, 0.3) is 11.1 Å². The Kier molecular flexibility index (Phi) is 3.57. The molecule has 2 aromatic rings. The van der Waals surface area contributed by atoms with Crippen LogP contribution in [0.4, 0.5) is 0 Å². The maximum absolute atomic E-state index is 11.7. The Bertz CT molecular complexity index is 595. The normalized spacial score (nSPS) is 13.4. The van der Waals surface area contributed by atoms with Crippen molar-refractivity contribution in [3.05, 3.63) is 34.3 Å². The molecule has 2 rings (SSSR count). The van der Waals surface area contributed by atoms with Crippen LogP contribution in [0.15, 0.2) is 27.4 Å². The summed E-state index contributed by atoms with van der Waals surface area (Å²) < 4.78 is 6.94. The highest BCUT2D eigenvalue weighted by molar-refractivity contribution is 5.73. The van der Waals surface area contributed by atoms with Gasteiger partial charge in [-0.1, -0.05) is 26.8 Å². The van der Waals surface area contributed by atoms with Gasteiger partial charge in [0.25, 0.3) is 0 Å². The summed E-state index contributed by atoms with van der Waals surface area (Å²) in [4.78, 5) is 11.7. The van der Waals surface area contributed by atoms with Gasteiger partial charge in [-0.25, -0.2) is 4.79 Å². The molecule has 1 aromatic heterocycles. The summed E-state index contributed by atoms with van der Waals surface area (Å²) in [7, 11) is 0. The van der Waals surface area contributed by atoms with Gasteiger partial charge in [-0.3, -0.25) is 4.57 Å². The second kappa shape index (κ2) is 4.98. The number of hydrogen-bond acceptors (Lipinski definition) is 3. The van der Waals surface area contributed by atoms with Gasteiger partial charge in [0, 0.05) is 12.6 Å². The molecule has 0 fully saturated rings. The molecule has 0 radical (unpaired) electrons. The van der Waals surface area contributed by atoms with Gasteiger partial charge in [-0.05, 0) is 30.0 Å². The number of hydrogen-bond donors (Lipinski definition) is 1. The summed E-state index contributed by atoms with van der Waals surface area (Å²) in [5, 5.41) is 0. The van der Waals surface area contributed by atoms with Gasteiger partial charge in [0.15, 0.2) is 5.58 Å². The van der Waals surface area contributed by atoms with E-state index < -0.39 is 0 Å². The molecular formula is C14H20N2O2. The van der Waals surface area contributed by atoms with Gasteiger partial charge >= 0.3 is 5.76 Å².